The molecule has 3 atom stereocenters. The van der Waals surface area contributed by atoms with Gasteiger partial charge in [-0.3, -0.25) is 0 Å². The van der Waals surface area contributed by atoms with Crippen LogP contribution in [0.5, 0.6) is 0 Å². The molecule has 0 saturated carbocycles. The van der Waals surface area contributed by atoms with Gasteiger partial charge in [-0.1, -0.05) is 6.92 Å². The first kappa shape index (κ1) is 49.2. The molecule has 0 saturated heterocycles. The molecule has 0 heterocycles. The van der Waals surface area contributed by atoms with Gasteiger partial charge in [0.15, 0.2) is 0 Å². The van der Waals surface area contributed by atoms with Gasteiger partial charge < -0.3 is 54.0 Å². The van der Waals surface area contributed by atoms with E-state index in [-0.39, 0.29) is 21.7 Å². The zero-order chi connectivity index (χ0) is 36.5. The fraction of sp³-hybridized carbons (Fsp3) is 1.00. The largest absolute Gasteiger partial charge is 0.500 e. The number of ether oxygens (including phenoxy) is 3. The summed E-state index contributed by atoms with van der Waals surface area (Å²) in [6.45, 7) is 10.1. The molecule has 3 unspecified atom stereocenters. The monoisotopic (exact) mass is 800 g/mol. The van der Waals surface area contributed by atoms with E-state index in [1.807, 2.05) is 0 Å². The van der Waals surface area contributed by atoms with Gasteiger partial charge >= 0.3 is 26.4 Å². The third kappa shape index (κ3) is 18.8. The third-order valence-corrected chi connectivity index (χ3v) is 20.2. The van der Waals surface area contributed by atoms with E-state index in [0.29, 0.717) is 19.8 Å². The molecule has 48 heavy (non-hydrogen) atoms. The lowest BCUT2D eigenvalue weighted by atomic mass is 9.88. The Balaban J connectivity index is 5.19. The Bertz CT molecular complexity index is 654. The van der Waals surface area contributed by atoms with Crippen molar-refractivity contribution in [2.45, 2.75) is 87.8 Å². The van der Waals surface area contributed by atoms with E-state index in [4.69, 9.17) is 54.0 Å². The standard InChI is InChI=1S/C30H68O12S3Si3/c1-14-30(24-40-27(2)43-18-15-21-46(31-5,32-6)33-7,25-41-28(3)44-19-16-22-47(34-8,35-9)36-10)26-42-29(4)45-20-17-23-48(37-11,38-12)39-13/h27-29H,14-26H2,1-13H3. The van der Waals surface area contributed by atoms with E-state index in [1.54, 1.807) is 99.3 Å². The van der Waals surface area contributed by atoms with Gasteiger partial charge in [-0.25, -0.2) is 0 Å². The quantitative estimate of drug-likeness (QED) is 0.0402. The molecule has 0 aliphatic heterocycles. The molecule has 0 aliphatic rings. The summed E-state index contributed by atoms with van der Waals surface area (Å²) in [5.41, 5.74) is -0.262. The van der Waals surface area contributed by atoms with Crippen LogP contribution in [0.2, 0.25) is 18.1 Å². The first-order valence-corrected chi connectivity index (χ1v) is 25.5. The maximum absolute atomic E-state index is 6.45. The zero-order valence-corrected chi connectivity index (χ0v) is 37.5. The summed E-state index contributed by atoms with van der Waals surface area (Å²) in [6, 6.07) is 2.29. The molecule has 12 nitrogen and oxygen atoms in total. The second kappa shape index (κ2) is 27.8. The maximum Gasteiger partial charge on any atom is 0.500 e. The van der Waals surface area contributed by atoms with Crippen LogP contribution in [0.1, 0.15) is 53.4 Å². The zero-order valence-electron chi connectivity index (χ0n) is 32.0. The molecular weight excluding hydrogens is 733 g/mol. The van der Waals surface area contributed by atoms with Crippen molar-refractivity contribution in [3.8, 4) is 0 Å². The van der Waals surface area contributed by atoms with Crippen molar-refractivity contribution >= 4 is 61.7 Å². The summed E-state index contributed by atoms with van der Waals surface area (Å²) in [7, 11) is 7.15. The normalized spacial score (nSPS) is 16.2. The maximum atomic E-state index is 6.45. The highest BCUT2D eigenvalue weighted by atomic mass is 32.2. The van der Waals surface area contributed by atoms with Crippen LogP contribution < -0.4 is 0 Å². The van der Waals surface area contributed by atoms with Crippen molar-refractivity contribution in [2.75, 3.05) is 101 Å². The molecule has 0 aromatic rings. The fourth-order valence-electron chi connectivity index (χ4n) is 4.74. The Hall–Kier alpha value is 1.22. The Labute approximate surface area is 308 Å². The SMILES string of the molecule is CCC(COC(C)SCCC[Si](OC)(OC)OC)(COC(C)SCCC[Si](OC)(OC)OC)COC(C)SCCC[Si](OC)(OC)OC. The fourth-order valence-corrected chi connectivity index (χ4v) is 13.1. The van der Waals surface area contributed by atoms with Gasteiger partial charge in [0.2, 0.25) is 0 Å². The minimum Gasteiger partial charge on any atom is -0.377 e. The van der Waals surface area contributed by atoms with Crippen molar-refractivity contribution in [1.29, 1.82) is 0 Å². The summed E-state index contributed by atoms with van der Waals surface area (Å²) >= 11 is 5.34. The van der Waals surface area contributed by atoms with Gasteiger partial charge in [-0.05, 0) is 63.7 Å². The summed E-state index contributed by atoms with van der Waals surface area (Å²) in [6.07, 6.45) is 3.61. The van der Waals surface area contributed by atoms with E-state index in [2.05, 4.69) is 27.7 Å². The van der Waals surface area contributed by atoms with E-state index in [9.17, 15) is 0 Å². The minimum absolute atomic E-state index is 0.0109. The molecule has 0 radical (unpaired) electrons. The molecule has 0 aliphatic carbocycles. The topological polar surface area (TPSA) is 111 Å². The Morgan fingerprint density at radius 2 is 0.667 bits per heavy atom. The highest BCUT2D eigenvalue weighted by molar-refractivity contribution is 8.00. The van der Waals surface area contributed by atoms with E-state index in [0.717, 1.165) is 61.1 Å². The smallest absolute Gasteiger partial charge is 0.377 e. The molecule has 0 amide bonds. The Kier molecular flexibility index (Phi) is 28.5. The first-order chi connectivity index (χ1) is 22.9. The summed E-state index contributed by atoms with van der Waals surface area (Å²) in [4.78, 5) is 0. The third-order valence-electron chi connectivity index (χ3n) is 8.36. The number of hydrogen-bond donors (Lipinski definition) is 0. The van der Waals surface area contributed by atoms with E-state index in [1.165, 1.54) is 0 Å². The van der Waals surface area contributed by atoms with Crippen molar-refractivity contribution in [3.63, 3.8) is 0 Å². The van der Waals surface area contributed by atoms with Gasteiger partial charge in [-0.15, -0.1) is 35.3 Å². The second-order valence-corrected chi connectivity index (χ2v) is 24.8. The van der Waals surface area contributed by atoms with Gasteiger partial charge in [-0.2, -0.15) is 0 Å². The molecule has 0 aromatic heterocycles. The average Bonchev–Trinajstić information content (AvgIpc) is 3.12. The molecule has 290 valence electrons. The second-order valence-electron chi connectivity index (χ2n) is 11.3. The molecule has 0 bridgehead atoms. The van der Waals surface area contributed by atoms with Gasteiger partial charge in [0.25, 0.3) is 0 Å². The molecule has 0 rings (SSSR count). The van der Waals surface area contributed by atoms with Crippen molar-refractivity contribution in [2.24, 2.45) is 5.41 Å². The molecule has 0 N–H and O–H groups in total. The first-order valence-electron chi connectivity index (χ1n) is 16.6. The minimum atomic E-state index is -2.57. The van der Waals surface area contributed by atoms with Crippen molar-refractivity contribution in [3.05, 3.63) is 0 Å². The lowest BCUT2D eigenvalue weighted by Crippen LogP contribution is -2.42. The van der Waals surface area contributed by atoms with Crippen LogP contribution in [0.4, 0.5) is 0 Å². The van der Waals surface area contributed by atoms with Gasteiger partial charge in [0, 0.05) is 87.5 Å². The number of thioether (sulfide) groups is 3. The van der Waals surface area contributed by atoms with E-state index < -0.39 is 26.4 Å². The predicted molar refractivity (Wildman–Crippen MR) is 205 cm³/mol. The van der Waals surface area contributed by atoms with Crippen LogP contribution in [0.15, 0.2) is 0 Å². The summed E-state index contributed by atoms with van der Waals surface area (Å²) < 4.78 is 69.4. The Morgan fingerprint density at radius 1 is 0.438 bits per heavy atom. The summed E-state index contributed by atoms with van der Waals surface area (Å²) in [5, 5.41) is 0. The van der Waals surface area contributed by atoms with Gasteiger partial charge in [0.05, 0.1) is 36.1 Å². The van der Waals surface area contributed by atoms with E-state index >= 15 is 0 Å². The molecule has 0 spiro atoms. The number of rotatable bonds is 34. The number of hydrogen-bond acceptors (Lipinski definition) is 15. The highest BCUT2D eigenvalue weighted by Crippen LogP contribution is 2.31. The van der Waals surface area contributed by atoms with Crippen LogP contribution in [-0.2, 0) is 54.0 Å². The van der Waals surface area contributed by atoms with Crippen molar-refractivity contribution in [1.82, 2.24) is 0 Å². The molecule has 0 aromatic carbocycles. The average molecular weight is 801 g/mol. The lowest BCUT2D eigenvalue weighted by Gasteiger charge is -2.35. The molecular formula is C30H68O12S3Si3. The molecule has 18 heteroatoms. The van der Waals surface area contributed by atoms with Crippen LogP contribution in [0, 0.1) is 5.41 Å². The van der Waals surface area contributed by atoms with Crippen LogP contribution >= 0.6 is 35.3 Å². The summed E-state index contributed by atoms with van der Waals surface area (Å²) in [5.74, 6) is 2.74. The van der Waals surface area contributed by atoms with Crippen LogP contribution in [0.25, 0.3) is 0 Å². The van der Waals surface area contributed by atoms with Crippen LogP contribution in [0.3, 0.4) is 0 Å². The van der Waals surface area contributed by atoms with Gasteiger partial charge in [0.1, 0.15) is 0 Å². The highest BCUT2D eigenvalue weighted by Gasteiger charge is 2.39. The van der Waals surface area contributed by atoms with Crippen LogP contribution in [-0.4, -0.2) is 144 Å². The Morgan fingerprint density at radius 3 is 0.854 bits per heavy atom. The predicted octanol–water partition coefficient (Wildman–Crippen LogP) is 6.47. The van der Waals surface area contributed by atoms with Crippen molar-refractivity contribution < 1.29 is 54.0 Å². The lowest BCUT2D eigenvalue weighted by molar-refractivity contribution is -0.0787. The molecule has 0 fully saturated rings.